The van der Waals surface area contributed by atoms with Gasteiger partial charge in [-0.1, -0.05) is 18.2 Å². The number of anilines is 1. The van der Waals surface area contributed by atoms with Crippen molar-refractivity contribution in [1.82, 2.24) is 0 Å². The van der Waals surface area contributed by atoms with Gasteiger partial charge in [0, 0.05) is 24.8 Å². The molecular weight excluding hydrogens is 200 g/mol. The normalized spacial score (nSPS) is 18.5. The lowest BCUT2D eigenvalue weighted by Crippen LogP contribution is -2.37. The van der Waals surface area contributed by atoms with Crippen molar-refractivity contribution in [1.29, 1.82) is 0 Å². The number of nitrogens with two attached hydrogens (primary N) is 1. The SMILES string of the molecule is C[C@@H](N)Cc1ccccc1N1CCOCC1. The number of hydrogen-bond donors (Lipinski definition) is 1. The van der Waals surface area contributed by atoms with E-state index in [2.05, 4.69) is 36.1 Å². The highest BCUT2D eigenvalue weighted by Crippen LogP contribution is 2.22. The molecule has 0 saturated carbocycles. The Morgan fingerprint density at radius 2 is 2.00 bits per heavy atom. The third-order valence-electron chi connectivity index (χ3n) is 2.89. The van der Waals surface area contributed by atoms with Gasteiger partial charge in [-0.3, -0.25) is 0 Å². The summed E-state index contributed by atoms with van der Waals surface area (Å²) in [4.78, 5) is 2.39. The predicted molar refractivity (Wildman–Crippen MR) is 66.8 cm³/mol. The highest BCUT2D eigenvalue weighted by molar-refractivity contribution is 5.54. The van der Waals surface area contributed by atoms with Gasteiger partial charge in [-0.25, -0.2) is 0 Å². The van der Waals surface area contributed by atoms with Crippen LogP contribution >= 0.6 is 0 Å². The average Bonchev–Trinajstić information content (AvgIpc) is 2.30. The molecular formula is C13H20N2O. The Morgan fingerprint density at radius 3 is 2.69 bits per heavy atom. The second-order valence-electron chi connectivity index (χ2n) is 4.41. The summed E-state index contributed by atoms with van der Waals surface area (Å²) in [6.45, 7) is 5.67. The Labute approximate surface area is 97.2 Å². The van der Waals surface area contributed by atoms with E-state index in [4.69, 9.17) is 10.5 Å². The van der Waals surface area contributed by atoms with Crippen LogP contribution in [0, 0.1) is 0 Å². The minimum absolute atomic E-state index is 0.210. The average molecular weight is 220 g/mol. The molecule has 0 spiro atoms. The molecule has 0 amide bonds. The number of para-hydroxylation sites is 1. The Bertz CT molecular complexity index is 332. The minimum atomic E-state index is 0.210. The maximum Gasteiger partial charge on any atom is 0.0642 e. The molecule has 0 bridgehead atoms. The molecule has 1 aromatic carbocycles. The molecule has 88 valence electrons. The molecule has 1 saturated heterocycles. The van der Waals surface area contributed by atoms with E-state index in [1.54, 1.807) is 0 Å². The van der Waals surface area contributed by atoms with E-state index in [-0.39, 0.29) is 6.04 Å². The van der Waals surface area contributed by atoms with Crippen LogP contribution in [0.4, 0.5) is 5.69 Å². The third-order valence-corrected chi connectivity index (χ3v) is 2.89. The van der Waals surface area contributed by atoms with Crippen LogP contribution in [-0.2, 0) is 11.2 Å². The lowest BCUT2D eigenvalue weighted by atomic mass is 10.0. The van der Waals surface area contributed by atoms with Crippen molar-refractivity contribution >= 4 is 5.69 Å². The van der Waals surface area contributed by atoms with E-state index in [0.29, 0.717) is 0 Å². The molecule has 1 aromatic rings. The summed E-state index contributed by atoms with van der Waals surface area (Å²) in [5.74, 6) is 0. The molecule has 1 fully saturated rings. The Kier molecular flexibility index (Phi) is 3.80. The van der Waals surface area contributed by atoms with E-state index in [1.807, 2.05) is 0 Å². The topological polar surface area (TPSA) is 38.5 Å². The maximum atomic E-state index is 5.88. The second kappa shape index (κ2) is 5.32. The summed E-state index contributed by atoms with van der Waals surface area (Å²) in [6.07, 6.45) is 0.938. The molecule has 0 aromatic heterocycles. The highest BCUT2D eigenvalue weighted by atomic mass is 16.5. The van der Waals surface area contributed by atoms with Crippen LogP contribution in [0.25, 0.3) is 0 Å². The van der Waals surface area contributed by atoms with Crippen LogP contribution in [-0.4, -0.2) is 32.3 Å². The van der Waals surface area contributed by atoms with Gasteiger partial charge in [0.2, 0.25) is 0 Å². The molecule has 1 aliphatic heterocycles. The van der Waals surface area contributed by atoms with Crippen LogP contribution in [0.1, 0.15) is 12.5 Å². The van der Waals surface area contributed by atoms with Crippen LogP contribution in [0.5, 0.6) is 0 Å². The van der Waals surface area contributed by atoms with Crippen molar-refractivity contribution in [2.45, 2.75) is 19.4 Å². The van der Waals surface area contributed by atoms with Gasteiger partial charge in [-0.15, -0.1) is 0 Å². The van der Waals surface area contributed by atoms with Gasteiger partial charge in [0.25, 0.3) is 0 Å². The Morgan fingerprint density at radius 1 is 1.31 bits per heavy atom. The largest absolute Gasteiger partial charge is 0.378 e. The molecule has 0 radical (unpaired) electrons. The number of hydrogen-bond acceptors (Lipinski definition) is 3. The van der Waals surface area contributed by atoms with E-state index in [0.717, 1.165) is 32.7 Å². The minimum Gasteiger partial charge on any atom is -0.378 e. The Balaban J connectivity index is 2.17. The first-order valence-electron chi connectivity index (χ1n) is 5.93. The fourth-order valence-electron chi connectivity index (χ4n) is 2.14. The van der Waals surface area contributed by atoms with E-state index >= 15 is 0 Å². The lowest BCUT2D eigenvalue weighted by Gasteiger charge is -2.31. The van der Waals surface area contributed by atoms with Crippen LogP contribution in [0.2, 0.25) is 0 Å². The van der Waals surface area contributed by atoms with E-state index in [1.165, 1.54) is 11.3 Å². The molecule has 0 aliphatic carbocycles. The number of morpholine rings is 1. The predicted octanol–water partition coefficient (Wildman–Crippen LogP) is 1.41. The fraction of sp³-hybridized carbons (Fsp3) is 0.538. The zero-order valence-corrected chi connectivity index (χ0v) is 9.86. The van der Waals surface area contributed by atoms with Crippen molar-refractivity contribution in [3.05, 3.63) is 29.8 Å². The zero-order chi connectivity index (χ0) is 11.4. The summed E-state index contributed by atoms with van der Waals surface area (Å²) in [5, 5.41) is 0. The summed E-state index contributed by atoms with van der Waals surface area (Å²) >= 11 is 0. The molecule has 16 heavy (non-hydrogen) atoms. The molecule has 1 atom stereocenters. The van der Waals surface area contributed by atoms with Crippen LogP contribution in [0.15, 0.2) is 24.3 Å². The van der Waals surface area contributed by atoms with Gasteiger partial charge in [0.1, 0.15) is 0 Å². The summed E-state index contributed by atoms with van der Waals surface area (Å²) < 4.78 is 5.38. The Hall–Kier alpha value is -1.06. The number of benzene rings is 1. The third kappa shape index (κ3) is 2.74. The van der Waals surface area contributed by atoms with Crippen LogP contribution in [0.3, 0.4) is 0 Å². The molecule has 3 heteroatoms. The van der Waals surface area contributed by atoms with Gasteiger partial charge in [0.05, 0.1) is 13.2 Å². The van der Waals surface area contributed by atoms with Gasteiger partial charge >= 0.3 is 0 Å². The standard InChI is InChI=1S/C13H20N2O/c1-11(14)10-12-4-2-3-5-13(12)15-6-8-16-9-7-15/h2-5,11H,6-10,14H2,1H3/t11-/m1/s1. The van der Waals surface area contributed by atoms with Crippen molar-refractivity contribution in [2.75, 3.05) is 31.2 Å². The fourth-order valence-corrected chi connectivity index (χ4v) is 2.14. The highest BCUT2D eigenvalue weighted by Gasteiger charge is 2.14. The molecule has 2 rings (SSSR count). The number of ether oxygens (including phenoxy) is 1. The lowest BCUT2D eigenvalue weighted by molar-refractivity contribution is 0.122. The van der Waals surface area contributed by atoms with Gasteiger partial charge < -0.3 is 15.4 Å². The van der Waals surface area contributed by atoms with Crippen molar-refractivity contribution in [3.8, 4) is 0 Å². The first-order chi connectivity index (χ1) is 7.77. The maximum absolute atomic E-state index is 5.88. The molecule has 2 N–H and O–H groups in total. The van der Waals surface area contributed by atoms with Crippen molar-refractivity contribution < 1.29 is 4.74 Å². The van der Waals surface area contributed by atoms with Crippen molar-refractivity contribution in [3.63, 3.8) is 0 Å². The second-order valence-corrected chi connectivity index (χ2v) is 4.41. The number of nitrogens with zero attached hydrogens (tertiary/aromatic N) is 1. The van der Waals surface area contributed by atoms with Gasteiger partial charge in [0.15, 0.2) is 0 Å². The summed E-state index contributed by atoms with van der Waals surface area (Å²) in [5.41, 5.74) is 8.55. The monoisotopic (exact) mass is 220 g/mol. The first-order valence-corrected chi connectivity index (χ1v) is 5.93. The smallest absolute Gasteiger partial charge is 0.0642 e. The molecule has 0 unspecified atom stereocenters. The molecule has 3 nitrogen and oxygen atoms in total. The summed E-state index contributed by atoms with van der Waals surface area (Å²) in [7, 11) is 0. The van der Waals surface area contributed by atoms with Crippen molar-refractivity contribution in [2.24, 2.45) is 5.73 Å². The summed E-state index contributed by atoms with van der Waals surface area (Å²) in [6, 6.07) is 8.75. The molecule has 1 heterocycles. The quantitative estimate of drug-likeness (QED) is 0.837. The van der Waals surface area contributed by atoms with E-state index in [9.17, 15) is 0 Å². The van der Waals surface area contributed by atoms with Crippen LogP contribution < -0.4 is 10.6 Å². The van der Waals surface area contributed by atoms with E-state index < -0.39 is 0 Å². The van der Waals surface area contributed by atoms with Gasteiger partial charge in [-0.05, 0) is 25.0 Å². The zero-order valence-electron chi connectivity index (χ0n) is 9.86. The number of rotatable bonds is 3. The van der Waals surface area contributed by atoms with Gasteiger partial charge in [-0.2, -0.15) is 0 Å². The first kappa shape index (κ1) is 11.4. The molecule has 1 aliphatic rings.